The largest absolute Gasteiger partial charge is 0.306 e. The van der Waals surface area contributed by atoms with E-state index < -0.39 is 0 Å². The van der Waals surface area contributed by atoms with E-state index in [1.165, 1.54) is 17.0 Å². The first-order chi connectivity index (χ1) is 9.19. The Bertz CT molecular complexity index is 551. The minimum Gasteiger partial charge on any atom is -0.306 e. The van der Waals surface area contributed by atoms with Crippen molar-refractivity contribution < 1.29 is 4.92 Å². The third-order valence-electron chi connectivity index (χ3n) is 2.70. The Labute approximate surface area is 115 Å². The van der Waals surface area contributed by atoms with Gasteiger partial charge in [0.25, 0.3) is 5.69 Å². The van der Waals surface area contributed by atoms with Crippen LogP contribution in [0.3, 0.4) is 0 Å². The molecule has 0 atom stereocenters. The van der Waals surface area contributed by atoms with Crippen LogP contribution in [0.15, 0.2) is 30.5 Å². The number of non-ortho nitro benzene ring substituents is 1. The van der Waals surface area contributed by atoms with Gasteiger partial charge in [0, 0.05) is 36.3 Å². The summed E-state index contributed by atoms with van der Waals surface area (Å²) in [5, 5.41) is 14.9. The Kier molecular flexibility index (Phi) is 4.59. The molecule has 0 unspecified atom stereocenters. The van der Waals surface area contributed by atoms with Gasteiger partial charge in [-0.25, -0.2) is 4.98 Å². The van der Waals surface area contributed by atoms with Gasteiger partial charge < -0.3 is 5.32 Å². The number of nitro groups is 1. The Hall–Kier alpha value is -1.79. The van der Waals surface area contributed by atoms with Gasteiger partial charge in [-0.1, -0.05) is 19.1 Å². The normalized spacial score (nSPS) is 10.6. The van der Waals surface area contributed by atoms with Gasteiger partial charge in [-0.2, -0.15) is 0 Å². The fourth-order valence-corrected chi connectivity index (χ4v) is 2.47. The zero-order chi connectivity index (χ0) is 13.7. The van der Waals surface area contributed by atoms with E-state index in [2.05, 4.69) is 17.2 Å². The molecule has 6 heteroatoms. The number of nitro benzene ring substituents is 1. The van der Waals surface area contributed by atoms with Crippen molar-refractivity contribution in [3.8, 4) is 0 Å². The first-order valence-corrected chi connectivity index (χ1v) is 6.88. The quantitative estimate of drug-likeness (QED) is 0.651. The number of rotatable bonds is 6. The van der Waals surface area contributed by atoms with Crippen LogP contribution < -0.4 is 5.32 Å². The highest BCUT2D eigenvalue weighted by atomic mass is 32.1. The first-order valence-electron chi connectivity index (χ1n) is 6.06. The number of hydrogen-bond acceptors (Lipinski definition) is 5. The fraction of sp³-hybridized carbons (Fsp3) is 0.308. The SMILES string of the molecule is CCc1cnc(CNCc2ccc([N+](=O)[O-])cc2)s1. The summed E-state index contributed by atoms with van der Waals surface area (Å²) in [7, 11) is 0. The third-order valence-corrected chi connectivity index (χ3v) is 3.84. The van der Waals surface area contributed by atoms with E-state index in [1.54, 1.807) is 23.5 Å². The second-order valence-electron chi connectivity index (χ2n) is 4.10. The maximum atomic E-state index is 10.5. The maximum absolute atomic E-state index is 10.5. The topological polar surface area (TPSA) is 68.1 Å². The van der Waals surface area contributed by atoms with Gasteiger partial charge in [0.15, 0.2) is 0 Å². The van der Waals surface area contributed by atoms with Crippen LogP contribution in [-0.2, 0) is 19.5 Å². The van der Waals surface area contributed by atoms with Crippen molar-refractivity contribution >= 4 is 17.0 Å². The molecule has 0 aliphatic carbocycles. The summed E-state index contributed by atoms with van der Waals surface area (Å²) in [6, 6.07) is 6.58. The van der Waals surface area contributed by atoms with E-state index in [4.69, 9.17) is 0 Å². The number of hydrogen-bond donors (Lipinski definition) is 1. The van der Waals surface area contributed by atoms with E-state index in [0.717, 1.165) is 23.5 Å². The molecule has 2 aromatic rings. The Morgan fingerprint density at radius 1 is 1.32 bits per heavy atom. The highest BCUT2D eigenvalue weighted by Crippen LogP contribution is 2.14. The highest BCUT2D eigenvalue weighted by Gasteiger charge is 2.04. The molecular formula is C13H15N3O2S. The van der Waals surface area contributed by atoms with Crippen molar-refractivity contribution in [2.75, 3.05) is 0 Å². The van der Waals surface area contributed by atoms with Crippen LogP contribution in [0.4, 0.5) is 5.69 Å². The van der Waals surface area contributed by atoms with Crippen LogP contribution >= 0.6 is 11.3 Å². The monoisotopic (exact) mass is 277 g/mol. The standard InChI is InChI=1S/C13H15N3O2S/c1-2-12-8-15-13(19-12)9-14-7-10-3-5-11(6-4-10)16(17)18/h3-6,8,14H,2,7,9H2,1H3. The summed E-state index contributed by atoms with van der Waals surface area (Å²) in [6.07, 6.45) is 2.92. The average Bonchev–Trinajstić information content (AvgIpc) is 2.87. The lowest BCUT2D eigenvalue weighted by atomic mass is 10.2. The van der Waals surface area contributed by atoms with Crippen LogP contribution in [0.5, 0.6) is 0 Å². The zero-order valence-electron chi connectivity index (χ0n) is 10.6. The molecule has 0 aliphatic heterocycles. The summed E-state index contributed by atoms with van der Waals surface area (Å²) in [6.45, 7) is 3.52. The molecule has 1 N–H and O–H groups in total. The lowest BCUT2D eigenvalue weighted by molar-refractivity contribution is -0.384. The predicted octanol–water partition coefficient (Wildman–Crippen LogP) is 2.90. The van der Waals surface area contributed by atoms with Crippen molar-refractivity contribution in [2.45, 2.75) is 26.4 Å². The summed E-state index contributed by atoms with van der Waals surface area (Å²) < 4.78 is 0. The number of aryl methyl sites for hydroxylation is 1. The Balaban J connectivity index is 1.83. The number of nitrogens with zero attached hydrogens (tertiary/aromatic N) is 2. The van der Waals surface area contributed by atoms with E-state index in [9.17, 15) is 10.1 Å². The van der Waals surface area contributed by atoms with Gasteiger partial charge in [-0.05, 0) is 12.0 Å². The van der Waals surface area contributed by atoms with Crippen LogP contribution in [0.25, 0.3) is 0 Å². The van der Waals surface area contributed by atoms with Gasteiger partial charge >= 0.3 is 0 Å². The number of nitrogens with one attached hydrogen (secondary N) is 1. The molecule has 0 bridgehead atoms. The lowest BCUT2D eigenvalue weighted by Gasteiger charge is -2.02. The van der Waals surface area contributed by atoms with Crippen molar-refractivity contribution in [2.24, 2.45) is 0 Å². The molecule has 5 nitrogen and oxygen atoms in total. The molecule has 0 saturated carbocycles. The average molecular weight is 277 g/mol. The first kappa shape index (κ1) is 13.6. The van der Waals surface area contributed by atoms with Crippen LogP contribution in [0.2, 0.25) is 0 Å². The second-order valence-corrected chi connectivity index (χ2v) is 5.30. The second kappa shape index (κ2) is 6.40. The van der Waals surface area contributed by atoms with Gasteiger partial charge in [0.2, 0.25) is 0 Å². The highest BCUT2D eigenvalue weighted by molar-refractivity contribution is 7.11. The van der Waals surface area contributed by atoms with Crippen LogP contribution in [0.1, 0.15) is 22.4 Å². The molecular weight excluding hydrogens is 262 g/mol. The van der Waals surface area contributed by atoms with E-state index in [0.29, 0.717) is 6.54 Å². The van der Waals surface area contributed by atoms with Gasteiger partial charge in [-0.15, -0.1) is 11.3 Å². The molecule has 0 amide bonds. The van der Waals surface area contributed by atoms with Gasteiger partial charge in [0.1, 0.15) is 5.01 Å². The summed E-state index contributed by atoms with van der Waals surface area (Å²) >= 11 is 1.71. The molecule has 1 aromatic carbocycles. The van der Waals surface area contributed by atoms with Crippen LogP contribution in [0, 0.1) is 10.1 Å². The third kappa shape index (κ3) is 3.84. The molecule has 2 rings (SSSR count). The van der Waals surface area contributed by atoms with Crippen molar-refractivity contribution in [1.29, 1.82) is 0 Å². The molecule has 0 spiro atoms. The summed E-state index contributed by atoms with van der Waals surface area (Å²) in [5.74, 6) is 0. The number of benzene rings is 1. The number of thiazole rings is 1. The van der Waals surface area contributed by atoms with Crippen LogP contribution in [-0.4, -0.2) is 9.91 Å². The molecule has 1 aromatic heterocycles. The van der Waals surface area contributed by atoms with Crippen molar-refractivity contribution in [1.82, 2.24) is 10.3 Å². The maximum Gasteiger partial charge on any atom is 0.269 e. The fourth-order valence-electron chi connectivity index (χ4n) is 1.64. The Morgan fingerprint density at radius 2 is 2.05 bits per heavy atom. The zero-order valence-corrected chi connectivity index (χ0v) is 11.4. The molecule has 0 aliphatic rings. The van der Waals surface area contributed by atoms with E-state index in [-0.39, 0.29) is 10.6 Å². The number of aromatic nitrogens is 1. The molecule has 0 radical (unpaired) electrons. The molecule has 0 saturated heterocycles. The smallest absolute Gasteiger partial charge is 0.269 e. The predicted molar refractivity (Wildman–Crippen MR) is 75.1 cm³/mol. The van der Waals surface area contributed by atoms with E-state index in [1.807, 2.05) is 6.20 Å². The lowest BCUT2D eigenvalue weighted by Crippen LogP contribution is -2.12. The molecule has 100 valence electrons. The van der Waals surface area contributed by atoms with E-state index >= 15 is 0 Å². The molecule has 0 fully saturated rings. The minimum absolute atomic E-state index is 0.122. The van der Waals surface area contributed by atoms with Gasteiger partial charge in [-0.3, -0.25) is 10.1 Å². The Morgan fingerprint density at radius 3 is 2.63 bits per heavy atom. The van der Waals surface area contributed by atoms with Gasteiger partial charge in [0.05, 0.1) is 4.92 Å². The summed E-state index contributed by atoms with van der Waals surface area (Å²) in [4.78, 5) is 15.7. The minimum atomic E-state index is -0.390. The van der Waals surface area contributed by atoms with Crippen molar-refractivity contribution in [3.05, 3.63) is 56.0 Å². The summed E-state index contributed by atoms with van der Waals surface area (Å²) in [5.41, 5.74) is 1.15. The molecule has 1 heterocycles. The molecule has 19 heavy (non-hydrogen) atoms. The van der Waals surface area contributed by atoms with Crippen molar-refractivity contribution in [3.63, 3.8) is 0 Å².